The molecule has 0 saturated heterocycles. The van der Waals surface area contributed by atoms with Gasteiger partial charge in [0.1, 0.15) is 5.75 Å². The van der Waals surface area contributed by atoms with E-state index in [-0.39, 0.29) is 0 Å². The fourth-order valence-corrected chi connectivity index (χ4v) is 2.13. The van der Waals surface area contributed by atoms with Crippen LogP contribution in [-0.4, -0.2) is 12.9 Å². The Morgan fingerprint density at radius 2 is 2.00 bits per heavy atom. The lowest BCUT2D eigenvalue weighted by Gasteiger charge is -2.10. The molecule has 0 fully saturated rings. The second-order valence-corrected chi connectivity index (χ2v) is 4.75. The first-order valence-corrected chi connectivity index (χ1v) is 6.62. The number of benzene rings is 1. The summed E-state index contributed by atoms with van der Waals surface area (Å²) in [5.74, 6) is 0.416. The zero-order valence-electron chi connectivity index (χ0n) is 10.1. The van der Waals surface area contributed by atoms with Crippen molar-refractivity contribution in [2.75, 3.05) is 6.61 Å². The van der Waals surface area contributed by atoms with Gasteiger partial charge >= 0.3 is 0 Å². The minimum absolute atomic E-state index is 0.371. The summed E-state index contributed by atoms with van der Waals surface area (Å²) in [6, 6.07) is 3.12. The van der Waals surface area contributed by atoms with Crippen molar-refractivity contribution in [2.45, 2.75) is 25.7 Å². The molecule has 0 radical (unpaired) electrons. The van der Waals surface area contributed by atoms with Crippen LogP contribution in [0.15, 0.2) is 24.8 Å². The van der Waals surface area contributed by atoms with E-state index in [2.05, 4.69) is 6.58 Å². The highest BCUT2D eigenvalue weighted by atomic mass is 35.5. The molecule has 0 heterocycles. The second-order valence-electron chi connectivity index (χ2n) is 3.91. The van der Waals surface area contributed by atoms with Gasteiger partial charge in [-0.05, 0) is 37.8 Å². The average Bonchev–Trinajstić information content (AvgIpc) is 2.35. The van der Waals surface area contributed by atoms with Gasteiger partial charge in [-0.1, -0.05) is 29.3 Å². The number of unbranched alkanes of at least 4 members (excludes halogenated alkanes) is 3. The third-order valence-electron chi connectivity index (χ3n) is 2.46. The first kappa shape index (κ1) is 15.1. The first-order valence-electron chi connectivity index (χ1n) is 5.87. The lowest BCUT2D eigenvalue weighted by Crippen LogP contribution is -2.01. The highest BCUT2D eigenvalue weighted by molar-refractivity contribution is 6.36. The number of hydrogen-bond donors (Lipinski definition) is 0. The van der Waals surface area contributed by atoms with Crippen LogP contribution in [0.25, 0.3) is 0 Å². The number of carbonyl (C=O) groups excluding carboxylic acids is 1. The molecular formula is C14H16Cl2O2. The summed E-state index contributed by atoms with van der Waals surface area (Å²) in [4.78, 5) is 10.9. The molecule has 0 N–H and O–H groups in total. The van der Waals surface area contributed by atoms with E-state index < -0.39 is 0 Å². The normalized spacial score (nSPS) is 10.1. The number of hydrogen-bond acceptors (Lipinski definition) is 2. The predicted octanol–water partition coefficient (Wildman–Crippen LogP) is 4.93. The fraction of sp³-hybridized carbons (Fsp3) is 0.357. The largest absolute Gasteiger partial charge is 0.491 e. The summed E-state index contributed by atoms with van der Waals surface area (Å²) in [6.07, 6.45) is 6.70. The van der Waals surface area contributed by atoms with Crippen molar-refractivity contribution in [1.29, 1.82) is 0 Å². The molecule has 0 atom stereocenters. The van der Waals surface area contributed by atoms with E-state index in [0.717, 1.165) is 25.7 Å². The van der Waals surface area contributed by atoms with Crippen LogP contribution in [0.2, 0.25) is 10.0 Å². The summed E-state index contributed by atoms with van der Waals surface area (Å²) in [6.45, 7) is 4.21. The maximum atomic E-state index is 10.9. The second kappa shape index (κ2) is 8.17. The topological polar surface area (TPSA) is 26.3 Å². The summed E-state index contributed by atoms with van der Waals surface area (Å²) < 4.78 is 5.55. The van der Waals surface area contributed by atoms with E-state index in [4.69, 9.17) is 27.9 Å². The van der Waals surface area contributed by atoms with E-state index in [9.17, 15) is 4.79 Å². The standard InChI is InChI=1S/C14H16Cl2O2/c1-2-3-4-5-6-7-18-14-11(10-17)8-12(15)9-13(14)16/h2,8-10H,1,3-7H2. The molecule has 0 aliphatic rings. The van der Waals surface area contributed by atoms with Gasteiger partial charge < -0.3 is 4.74 Å². The molecule has 0 aromatic heterocycles. The van der Waals surface area contributed by atoms with Gasteiger partial charge in [0.15, 0.2) is 6.29 Å². The quantitative estimate of drug-likeness (QED) is 0.385. The molecule has 0 spiro atoms. The van der Waals surface area contributed by atoms with Crippen molar-refractivity contribution in [3.05, 3.63) is 40.4 Å². The van der Waals surface area contributed by atoms with Crippen LogP contribution in [0.3, 0.4) is 0 Å². The van der Waals surface area contributed by atoms with Gasteiger partial charge in [-0.3, -0.25) is 4.79 Å². The van der Waals surface area contributed by atoms with Crippen molar-refractivity contribution in [3.63, 3.8) is 0 Å². The molecular weight excluding hydrogens is 271 g/mol. The number of carbonyl (C=O) groups is 1. The SMILES string of the molecule is C=CCCCCCOc1c(Cl)cc(Cl)cc1C=O. The number of rotatable bonds is 8. The van der Waals surface area contributed by atoms with Gasteiger partial charge in [0.2, 0.25) is 0 Å². The van der Waals surface area contributed by atoms with Crippen LogP contribution in [0.4, 0.5) is 0 Å². The lowest BCUT2D eigenvalue weighted by molar-refractivity contribution is 0.111. The maximum Gasteiger partial charge on any atom is 0.153 e. The van der Waals surface area contributed by atoms with Gasteiger partial charge in [-0.2, -0.15) is 0 Å². The molecule has 0 aliphatic carbocycles. The highest BCUT2D eigenvalue weighted by Gasteiger charge is 2.09. The van der Waals surface area contributed by atoms with Crippen LogP contribution in [0.1, 0.15) is 36.0 Å². The molecule has 4 heteroatoms. The Hall–Kier alpha value is -0.990. The molecule has 1 aromatic rings. The molecule has 2 nitrogen and oxygen atoms in total. The summed E-state index contributed by atoms with van der Waals surface area (Å²) in [5, 5.41) is 0.802. The Bertz CT molecular complexity index is 417. The fourth-order valence-electron chi connectivity index (χ4n) is 1.56. The molecule has 0 aliphatic heterocycles. The molecule has 0 bridgehead atoms. The van der Waals surface area contributed by atoms with E-state index in [1.807, 2.05) is 6.08 Å². The zero-order valence-corrected chi connectivity index (χ0v) is 11.6. The summed E-state index contributed by atoms with van der Waals surface area (Å²) in [7, 11) is 0. The molecule has 98 valence electrons. The minimum atomic E-state index is 0.371. The van der Waals surface area contributed by atoms with Crippen molar-refractivity contribution < 1.29 is 9.53 Å². The number of ether oxygens (including phenoxy) is 1. The highest BCUT2D eigenvalue weighted by Crippen LogP contribution is 2.31. The van der Waals surface area contributed by atoms with E-state index >= 15 is 0 Å². The molecule has 0 unspecified atom stereocenters. The Balaban J connectivity index is 2.51. The zero-order chi connectivity index (χ0) is 13.4. The Morgan fingerprint density at radius 3 is 2.67 bits per heavy atom. The molecule has 0 amide bonds. The molecule has 0 saturated carbocycles. The van der Waals surface area contributed by atoms with E-state index in [1.165, 1.54) is 0 Å². The predicted molar refractivity (Wildman–Crippen MR) is 76.0 cm³/mol. The lowest BCUT2D eigenvalue weighted by atomic mass is 10.2. The third kappa shape index (κ3) is 4.71. The van der Waals surface area contributed by atoms with E-state index in [1.54, 1.807) is 12.1 Å². The van der Waals surface area contributed by atoms with Crippen LogP contribution < -0.4 is 4.74 Å². The number of aldehydes is 1. The first-order chi connectivity index (χ1) is 8.69. The van der Waals surface area contributed by atoms with Crippen molar-refractivity contribution in [1.82, 2.24) is 0 Å². The maximum absolute atomic E-state index is 10.9. The Labute approximate surface area is 118 Å². The minimum Gasteiger partial charge on any atom is -0.491 e. The van der Waals surface area contributed by atoms with Gasteiger partial charge in [-0.15, -0.1) is 6.58 Å². The number of halogens is 2. The smallest absolute Gasteiger partial charge is 0.153 e. The van der Waals surface area contributed by atoms with Crippen LogP contribution in [-0.2, 0) is 0 Å². The van der Waals surface area contributed by atoms with Crippen LogP contribution in [0.5, 0.6) is 5.75 Å². The van der Waals surface area contributed by atoms with Crippen molar-refractivity contribution >= 4 is 29.5 Å². The molecule has 1 aromatic carbocycles. The molecule has 1 rings (SSSR count). The van der Waals surface area contributed by atoms with Gasteiger partial charge in [0, 0.05) is 5.02 Å². The van der Waals surface area contributed by atoms with E-state index in [0.29, 0.717) is 34.3 Å². The van der Waals surface area contributed by atoms with Crippen molar-refractivity contribution in [2.24, 2.45) is 0 Å². The van der Waals surface area contributed by atoms with Crippen LogP contribution in [0, 0.1) is 0 Å². The number of allylic oxidation sites excluding steroid dienone is 1. The summed E-state index contributed by atoms with van der Waals surface area (Å²) >= 11 is 11.8. The van der Waals surface area contributed by atoms with Gasteiger partial charge in [0.05, 0.1) is 17.2 Å². The summed E-state index contributed by atoms with van der Waals surface area (Å²) in [5.41, 5.74) is 0.388. The van der Waals surface area contributed by atoms with Crippen molar-refractivity contribution in [3.8, 4) is 5.75 Å². The van der Waals surface area contributed by atoms with Gasteiger partial charge in [0.25, 0.3) is 0 Å². The molecule has 18 heavy (non-hydrogen) atoms. The van der Waals surface area contributed by atoms with Crippen LogP contribution >= 0.6 is 23.2 Å². The monoisotopic (exact) mass is 286 g/mol. The van der Waals surface area contributed by atoms with Gasteiger partial charge in [-0.25, -0.2) is 0 Å². The Kier molecular flexibility index (Phi) is 6.84. The average molecular weight is 287 g/mol. The Morgan fingerprint density at radius 1 is 1.22 bits per heavy atom. The third-order valence-corrected chi connectivity index (χ3v) is 2.96.